The number of halogens is 3. The minimum Gasteiger partial charge on any atom is -0.207 e. The molecule has 0 amide bonds. The third kappa shape index (κ3) is 2.25. The second kappa shape index (κ2) is 4.63. The number of hydrogen-bond acceptors (Lipinski definition) is 0. The van der Waals surface area contributed by atoms with Crippen LogP contribution in [0.15, 0.2) is 65.1 Å². The molecule has 20 heavy (non-hydrogen) atoms. The third-order valence-electron chi connectivity index (χ3n) is 3.05. The van der Waals surface area contributed by atoms with E-state index < -0.39 is 11.7 Å². The molecule has 1 aromatic heterocycles. The molecule has 0 aliphatic rings. The Morgan fingerprint density at radius 3 is 2.25 bits per heavy atom. The van der Waals surface area contributed by atoms with Crippen molar-refractivity contribution in [1.82, 2.24) is 0 Å². The Labute approximate surface area is 113 Å². The summed E-state index contributed by atoms with van der Waals surface area (Å²) in [6, 6.07) is 15.9. The highest BCUT2D eigenvalue weighted by molar-refractivity contribution is 5.79. The van der Waals surface area contributed by atoms with Crippen LogP contribution < -0.4 is 0 Å². The lowest BCUT2D eigenvalue weighted by Crippen LogP contribution is -2.06. The van der Waals surface area contributed by atoms with Crippen molar-refractivity contribution in [1.29, 1.82) is 0 Å². The summed E-state index contributed by atoms with van der Waals surface area (Å²) in [6.45, 7) is 0. The van der Waals surface area contributed by atoms with Crippen molar-refractivity contribution >= 4 is 11.0 Å². The summed E-state index contributed by atoms with van der Waals surface area (Å²) in [5, 5.41) is 0.848. The fourth-order valence-electron chi connectivity index (χ4n) is 2.12. The first kappa shape index (κ1) is 12.7. The molecular formula is C16H10F3O+. The van der Waals surface area contributed by atoms with Crippen LogP contribution >= 0.6 is 0 Å². The van der Waals surface area contributed by atoms with Crippen molar-refractivity contribution in [3.63, 3.8) is 0 Å². The molecule has 2 aromatic carbocycles. The highest BCUT2D eigenvalue weighted by Gasteiger charge is 2.36. The Hall–Kier alpha value is -2.36. The average Bonchev–Trinajstić information content (AvgIpc) is 2.46. The van der Waals surface area contributed by atoms with Gasteiger partial charge in [0.25, 0.3) is 0 Å². The number of fused-ring (bicyclic) bond motifs is 1. The standard InChI is InChI=1S/C16H10F3O/c17-16(18,19)13-7-3-2-6-12(13)15-10-9-11-5-1-4-8-14(11)20-15/h1-10H/q+1. The zero-order chi connectivity index (χ0) is 14.2. The summed E-state index contributed by atoms with van der Waals surface area (Å²) in [4.78, 5) is 0. The van der Waals surface area contributed by atoms with E-state index in [1.165, 1.54) is 12.1 Å². The molecule has 0 spiro atoms. The second-order valence-corrected chi connectivity index (χ2v) is 4.38. The first-order valence-corrected chi connectivity index (χ1v) is 6.04. The Balaban J connectivity index is 2.21. The van der Waals surface area contributed by atoms with Gasteiger partial charge in [-0.1, -0.05) is 24.3 Å². The summed E-state index contributed by atoms with van der Waals surface area (Å²) in [5.41, 5.74) is -0.0910. The number of rotatable bonds is 1. The van der Waals surface area contributed by atoms with Gasteiger partial charge in [0, 0.05) is 12.1 Å². The van der Waals surface area contributed by atoms with E-state index in [9.17, 15) is 13.2 Å². The smallest absolute Gasteiger partial charge is 0.207 e. The van der Waals surface area contributed by atoms with Crippen molar-refractivity contribution in [2.45, 2.75) is 6.18 Å². The van der Waals surface area contributed by atoms with E-state index in [1.54, 1.807) is 30.3 Å². The van der Waals surface area contributed by atoms with E-state index in [0.717, 1.165) is 11.5 Å². The monoisotopic (exact) mass is 275 g/mol. The summed E-state index contributed by atoms with van der Waals surface area (Å²) >= 11 is 0. The van der Waals surface area contributed by atoms with E-state index in [0.29, 0.717) is 5.58 Å². The summed E-state index contributed by atoms with van der Waals surface area (Å²) in [7, 11) is 0. The minimum atomic E-state index is -4.41. The fourth-order valence-corrected chi connectivity index (χ4v) is 2.12. The first-order chi connectivity index (χ1) is 9.55. The molecule has 1 heterocycles. The summed E-state index contributed by atoms with van der Waals surface area (Å²) < 4.78 is 44.6. The fraction of sp³-hybridized carbons (Fsp3) is 0.0625. The maximum Gasteiger partial charge on any atom is 0.417 e. The number of alkyl halides is 3. The van der Waals surface area contributed by atoms with Gasteiger partial charge >= 0.3 is 17.5 Å². The lowest BCUT2D eigenvalue weighted by Gasteiger charge is -2.08. The van der Waals surface area contributed by atoms with E-state index >= 15 is 0 Å². The largest absolute Gasteiger partial charge is 0.417 e. The van der Waals surface area contributed by atoms with Crippen molar-refractivity contribution in [3.05, 3.63) is 66.2 Å². The Morgan fingerprint density at radius 2 is 1.45 bits per heavy atom. The quantitative estimate of drug-likeness (QED) is 0.541. The van der Waals surface area contributed by atoms with Crippen LogP contribution in [0.4, 0.5) is 13.2 Å². The van der Waals surface area contributed by atoms with Crippen molar-refractivity contribution < 1.29 is 17.6 Å². The van der Waals surface area contributed by atoms with Crippen LogP contribution in [0.5, 0.6) is 0 Å². The predicted octanol–water partition coefficient (Wildman–Crippen LogP) is 5.40. The first-order valence-electron chi connectivity index (χ1n) is 6.04. The van der Waals surface area contributed by atoms with Gasteiger partial charge in [-0.05, 0) is 24.3 Å². The summed E-state index contributed by atoms with van der Waals surface area (Å²) in [5.74, 6) is 0.205. The van der Waals surface area contributed by atoms with Gasteiger partial charge in [0.05, 0.1) is 16.5 Å². The zero-order valence-corrected chi connectivity index (χ0v) is 10.3. The highest BCUT2D eigenvalue weighted by Crippen LogP contribution is 2.37. The topological polar surface area (TPSA) is 11.3 Å². The molecule has 3 rings (SSSR count). The van der Waals surface area contributed by atoms with Crippen LogP contribution in [0.1, 0.15) is 5.56 Å². The maximum absolute atomic E-state index is 13.0. The van der Waals surface area contributed by atoms with Gasteiger partial charge in [0.1, 0.15) is 0 Å². The van der Waals surface area contributed by atoms with Crippen LogP contribution in [-0.4, -0.2) is 0 Å². The molecule has 0 radical (unpaired) electrons. The van der Waals surface area contributed by atoms with E-state index in [2.05, 4.69) is 0 Å². The predicted molar refractivity (Wildman–Crippen MR) is 71.1 cm³/mol. The van der Waals surface area contributed by atoms with Crippen molar-refractivity contribution in [3.8, 4) is 11.3 Å². The van der Waals surface area contributed by atoms with E-state index in [4.69, 9.17) is 4.42 Å². The number of para-hydroxylation sites is 1. The third-order valence-corrected chi connectivity index (χ3v) is 3.05. The molecule has 0 fully saturated rings. The van der Waals surface area contributed by atoms with Crippen molar-refractivity contribution in [2.24, 2.45) is 0 Å². The summed E-state index contributed by atoms with van der Waals surface area (Å²) in [6.07, 6.45) is -4.41. The van der Waals surface area contributed by atoms with Gasteiger partial charge < -0.3 is 0 Å². The van der Waals surface area contributed by atoms with Gasteiger partial charge in [-0.3, -0.25) is 0 Å². The van der Waals surface area contributed by atoms with Crippen LogP contribution in [0.3, 0.4) is 0 Å². The molecule has 0 unspecified atom stereocenters. The molecule has 0 saturated carbocycles. The van der Waals surface area contributed by atoms with Gasteiger partial charge in [-0.2, -0.15) is 13.2 Å². The molecule has 4 heteroatoms. The van der Waals surface area contributed by atoms with Gasteiger partial charge in [-0.15, -0.1) is 0 Å². The molecule has 0 saturated heterocycles. The Morgan fingerprint density at radius 1 is 0.750 bits per heavy atom. The number of hydrogen-bond donors (Lipinski definition) is 0. The lowest BCUT2D eigenvalue weighted by atomic mass is 10.0. The van der Waals surface area contributed by atoms with Gasteiger partial charge in [0.15, 0.2) is 0 Å². The maximum atomic E-state index is 13.0. The molecule has 0 N–H and O–H groups in total. The van der Waals surface area contributed by atoms with Crippen LogP contribution in [0, 0.1) is 0 Å². The van der Waals surface area contributed by atoms with Crippen molar-refractivity contribution in [2.75, 3.05) is 0 Å². The van der Waals surface area contributed by atoms with E-state index in [1.807, 2.05) is 12.1 Å². The second-order valence-electron chi connectivity index (χ2n) is 4.38. The Bertz CT molecular complexity index is 763. The van der Waals surface area contributed by atoms with Gasteiger partial charge in [0.2, 0.25) is 0 Å². The minimum absolute atomic E-state index is 0.0470. The SMILES string of the molecule is FC(F)(F)c1ccccc1-c1ccc2ccccc2[o+]1. The molecule has 0 atom stereocenters. The van der Waals surface area contributed by atoms with E-state index in [-0.39, 0.29) is 11.3 Å². The van der Waals surface area contributed by atoms with Crippen LogP contribution in [0.2, 0.25) is 0 Å². The molecule has 0 aliphatic carbocycles. The molecule has 3 aromatic rings. The molecule has 0 bridgehead atoms. The average molecular weight is 275 g/mol. The van der Waals surface area contributed by atoms with Crippen LogP contribution in [0.25, 0.3) is 22.3 Å². The molecule has 1 nitrogen and oxygen atoms in total. The molecule has 0 aliphatic heterocycles. The van der Waals surface area contributed by atoms with Crippen LogP contribution in [-0.2, 0) is 6.18 Å². The molecular weight excluding hydrogens is 265 g/mol. The lowest BCUT2D eigenvalue weighted by molar-refractivity contribution is -0.137. The normalized spacial score (nSPS) is 11.8. The zero-order valence-electron chi connectivity index (χ0n) is 10.3. The Kier molecular flexibility index (Phi) is 2.93. The highest BCUT2D eigenvalue weighted by atomic mass is 19.4. The number of benzene rings is 2. The molecule has 100 valence electrons. The van der Waals surface area contributed by atoms with Gasteiger partial charge in [-0.25, -0.2) is 4.42 Å².